The Morgan fingerprint density at radius 1 is 1.52 bits per heavy atom. The summed E-state index contributed by atoms with van der Waals surface area (Å²) >= 11 is 1.18. The normalized spacial score (nSPS) is 24.3. The molecule has 3 N–H and O–H groups in total. The molecule has 2 aliphatic heterocycles. The van der Waals surface area contributed by atoms with Crippen LogP contribution < -0.4 is 5.32 Å². The maximum Gasteiger partial charge on any atom is 0.353 e. The Balaban J connectivity index is 2.09. The number of β-lactam (4-membered cyclic amide) rings is 1. The summed E-state index contributed by atoms with van der Waals surface area (Å²) in [5, 5.41) is 22.3. The number of aliphatic hydroxyl groups is 1. The van der Waals surface area contributed by atoms with Crippen molar-refractivity contribution in [3.05, 3.63) is 22.2 Å². The first kappa shape index (κ1) is 15.6. The van der Waals surface area contributed by atoms with Crippen LogP contribution in [0.4, 0.5) is 0 Å². The summed E-state index contributed by atoms with van der Waals surface area (Å²) in [6, 6.07) is -0.174. The molecule has 2 amide bonds. The number of amides is 2. The van der Waals surface area contributed by atoms with Gasteiger partial charge in [-0.3, -0.25) is 9.59 Å². The minimum Gasteiger partial charge on any atom is -0.477 e. The van der Waals surface area contributed by atoms with Gasteiger partial charge in [0.2, 0.25) is 11.8 Å². The minimum atomic E-state index is -1.14. The number of aliphatic hydroxyl groups excluding tert-OH is 1. The van der Waals surface area contributed by atoms with E-state index in [1.165, 1.54) is 29.8 Å². The fraction of sp³-hybridized carbons (Fsp3) is 0.462. The maximum absolute atomic E-state index is 11.9. The summed E-state index contributed by atoms with van der Waals surface area (Å²) in [6.45, 7) is 1.28. The highest BCUT2D eigenvalue weighted by molar-refractivity contribution is 8.05. The fourth-order valence-electron chi connectivity index (χ4n) is 2.58. The number of aliphatic carboxylic acids is 1. The van der Waals surface area contributed by atoms with E-state index in [1.807, 2.05) is 0 Å². The lowest BCUT2D eigenvalue weighted by Gasteiger charge is -2.43. The quantitative estimate of drug-likeness (QED) is 0.606. The van der Waals surface area contributed by atoms with E-state index in [4.69, 9.17) is 5.11 Å². The molecule has 0 aliphatic carbocycles. The van der Waals surface area contributed by atoms with Crippen molar-refractivity contribution < 1.29 is 24.6 Å². The molecule has 2 atom stereocenters. The highest BCUT2D eigenvalue weighted by atomic mass is 32.2. The van der Waals surface area contributed by atoms with E-state index < -0.39 is 5.97 Å². The van der Waals surface area contributed by atoms with Gasteiger partial charge in [0, 0.05) is 31.1 Å². The van der Waals surface area contributed by atoms with Crippen molar-refractivity contribution in [1.82, 2.24) is 10.2 Å². The molecular formula is C13H16N2O5S. The number of nitrogens with zero attached hydrogens (tertiary/aromatic N) is 1. The number of thioether (sulfide) groups is 1. The Bertz CT molecular complexity index is 543. The van der Waals surface area contributed by atoms with Gasteiger partial charge in [-0.15, -0.1) is 0 Å². The first-order valence-corrected chi connectivity index (χ1v) is 7.34. The smallest absolute Gasteiger partial charge is 0.353 e. The molecule has 8 heteroatoms. The van der Waals surface area contributed by atoms with E-state index in [0.717, 1.165) is 0 Å². The number of hydrogen-bond acceptors (Lipinski definition) is 5. The lowest BCUT2D eigenvalue weighted by Crippen LogP contribution is -2.58. The van der Waals surface area contributed by atoms with Crippen molar-refractivity contribution >= 4 is 29.5 Å². The summed E-state index contributed by atoms with van der Waals surface area (Å²) < 4.78 is 0. The van der Waals surface area contributed by atoms with Gasteiger partial charge in [0.1, 0.15) is 5.70 Å². The molecule has 2 rings (SSSR count). The highest BCUT2D eigenvalue weighted by Gasteiger charge is 2.54. The number of carboxylic acids is 1. The molecule has 0 aromatic carbocycles. The van der Waals surface area contributed by atoms with Crippen molar-refractivity contribution in [2.24, 2.45) is 5.92 Å². The number of hydrogen-bond donors (Lipinski definition) is 3. The summed E-state index contributed by atoms with van der Waals surface area (Å²) in [5.74, 6) is -1.90. The van der Waals surface area contributed by atoms with Gasteiger partial charge in [0.25, 0.3) is 0 Å². The summed E-state index contributed by atoms with van der Waals surface area (Å²) in [6.07, 6.45) is 2.25. The zero-order chi connectivity index (χ0) is 15.6. The van der Waals surface area contributed by atoms with Crippen LogP contribution in [0.1, 0.15) is 19.8 Å². The van der Waals surface area contributed by atoms with Crippen molar-refractivity contribution in [3.8, 4) is 0 Å². The van der Waals surface area contributed by atoms with Crippen LogP contribution in [0.25, 0.3) is 0 Å². The average molecular weight is 312 g/mol. The molecule has 0 spiro atoms. The average Bonchev–Trinajstić information content (AvgIpc) is 2.76. The lowest BCUT2D eigenvalue weighted by atomic mass is 9.85. The molecule has 2 heterocycles. The van der Waals surface area contributed by atoms with E-state index in [0.29, 0.717) is 17.7 Å². The molecule has 0 unspecified atom stereocenters. The van der Waals surface area contributed by atoms with Gasteiger partial charge >= 0.3 is 5.97 Å². The Hall–Kier alpha value is -1.80. The second-order valence-corrected chi connectivity index (χ2v) is 5.80. The van der Waals surface area contributed by atoms with Gasteiger partial charge in [-0.25, -0.2) is 4.79 Å². The Morgan fingerprint density at radius 3 is 2.81 bits per heavy atom. The van der Waals surface area contributed by atoms with Crippen LogP contribution in [0.2, 0.25) is 0 Å². The number of rotatable bonds is 6. The van der Waals surface area contributed by atoms with E-state index >= 15 is 0 Å². The van der Waals surface area contributed by atoms with Gasteiger partial charge in [-0.05, 0) is 11.8 Å². The van der Waals surface area contributed by atoms with E-state index in [9.17, 15) is 19.5 Å². The van der Waals surface area contributed by atoms with Crippen LogP contribution in [0.3, 0.4) is 0 Å². The van der Waals surface area contributed by atoms with E-state index in [1.54, 1.807) is 5.41 Å². The molecule has 1 fully saturated rings. The van der Waals surface area contributed by atoms with Crippen LogP contribution in [-0.2, 0) is 14.4 Å². The molecule has 7 nitrogen and oxygen atoms in total. The molecule has 0 bridgehead atoms. The molecule has 1 saturated heterocycles. The van der Waals surface area contributed by atoms with Crippen LogP contribution in [0.15, 0.2) is 22.2 Å². The van der Waals surface area contributed by atoms with Crippen molar-refractivity contribution in [2.45, 2.75) is 25.8 Å². The molecule has 0 aromatic heterocycles. The first-order valence-electron chi connectivity index (χ1n) is 6.46. The predicted molar refractivity (Wildman–Crippen MR) is 75.7 cm³/mol. The molecule has 21 heavy (non-hydrogen) atoms. The van der Waals surface area contributed by atoms with Crippen LogP contribution in [0.5, 0.6) is 0 Å². The van der Waals surface area contributed by atoms with Crippen molar-refractivity contribution in [3.63, 3.8) is 0 Å². The second kappa shape index (κ2) is 6.31. The van der Waals surface area contributed by atoms with Crippen LogP contribution in [0, 0.1) is 5.92 Å². The number of carboxylic acid groups (broad SMARTS) is 1. The van der Waals surface area contributed by atoms with Gasteiger partial charge in [0.15, 0.2) is 0 Å². The zero-order valence-electron chi connectivity index (χ0n) is 11.4. The predicted octanol–water partition coefficient (Wildman–Crippen LogP) is 0.236. The van der Waals surface area contributed by atoms with Gasteiger partial charge < -0.3 is 20.4 Å². The van der Waals surface area contributed by atoms with Crippen molar-refractivity contribution in [1.29, 1.82) is 0 Å². The number of carbonyl (C=O) groups is 3. The topological polar surface area (TPSA) is 107 Å². The Morgan fingerprint density at radius 2 is 2.24 bits per heavy atom. The third-order valence-corrected chi connectivity index (χ3v) is 4.37. The number of nitrogens with one attached hydrogen (secondary N) is 1. The van der Waals surface area contributed by atoms with E-state index in [2.05, 4.69) is 5.32 Å². The number of carbonyl (C=O) groups excluding carboxylic acids is 2. The SMILES string of the molecule is CC(=O)N/C=C\SC1=C(C(=O)O)N2C(=O)[C@@H](CCO)[C@H]2C1. The third kappa shape index (κ3) is 2.96. The van der Waals surface area contributed by atoms with Crippen molar-refractivity contribution in [2.75, 3.05) is 6.61 Å². The molecule has 0 aromatic rings. The summed E-state index contributed by atoms with van der Waals surface area (Å²) in [4.78, 5) is 35.9. The molecule has 0 saturated carbocycles. The molecule has 2 aliphatic rings. The summed E-state index contributed by atoms with van der Waals surface area (Å²) in [7, 11) is 0. The zero-order valence-corrected chi connectivity index (χ0v) is 12.2. The van der Waals surface area contributed by atoms with E-state index in [-0.39, 0.29) is 36.1 Å². The minimum absolute atomic E-state index is 0.0108. The van der Waals surface area contributed by atoms with Gasteiger partial charge in [-0.2, -0.15) is 0 Å². The standard InChI is InChI=1S/C13H16N2O5S/c1-7(17)14-3-5-21-10-6-9-8(2-4-16)12(18)15(9)11(10)13(19)20/h3,5,8-9,16H,2,4,6H2,1H3,(H,14,17)(H,19,20)/b5-3-/t8-,9+/m0/s1. The van der Waals surface area contributed by atoms with Crippen LogP contribution in [-0.4, -0.2) is 45.5 Å². The fourth-order valence-corrected chi connectivity index (χ4v) is 3.45. The molecule has 114 valence electrons. The third-order valence-electron chi connectivity index (χ3n) is 3.46. The highest BCUT2D eigenvalue weighted by Crippen LogP contribution is 2.47. The second-order valence-electron chi connectivity index (χ2n) is 4.80. The number of fused-ring (bicyclic) bond motifs is 1. The summed E-state index contributed by atoms with van der Waals surface area (Å²) in [5.41, 5.74) is 0.0108. The van der Waals surface area contributed by atoms with Gasteiger partial charge in [0.05, 0.1) is 12.0 Å². The van der Waals surface area contributed by atoms with Crippen LogP contribution >= 0.6 is 11.8 Å². The largest absolute Gasteiger partial charge is 0.477 e. The van der Waals surface area contributed by atoms with Gasteiger partial charge in [-0.1, -0.05) is 11.8 Å². The molecular weight excluding hydrogens is 296 g/mol. The maximum atomic E-state index is 11.9. The monoisotopic (exact) mass is 312 g/mol. The molecule has 0 radical (unpaired) electrons. The first-order chi connectivity index (χ1) is 9.97. The lowest BCUT2D eigenvalue weighted by molar-refractivity contribution is -0.155. The Labute approximate surface area is 125 Å². The Kier molecular flexibility index (Phi) is 4.69.